The SMILES string of the molecule is CCOC(=O)c1c(N2C(=O)Nc3ccccc3N2O)n[nH]c1-c1ccc(Cl)cc1. The summed E-state index contributed by atoms with van der Waals surface area (Å²) in [6.07, 6.45) is 0. The van der Waals surface area contributed by atoms with Crippen LogP contribution in [0.25, 0.3) is 11.3 Å². The number of nitrogens with zero attached hydrogens (tertiary/aromatic N) is 3. The zero-order valence-electron chi connectivity index (χ0n) is 15.2. The highest BCUT2D eigenvalue weighted by Gasteiger charge is 2.37. The lowest BCUT2D eigenvalue weighted by Crippen LogP contribution is -2.51. The van der Waals surface area contributed by atoms with Gasteiger partial charge in [0.05, 0.1) is 18.0 Å². The van der Waals surface area contributed by atoms with Crippen LogP contribution in [-0.4, -0.2) is 34.0 Å². The van der Waals surface area contributed by atoms with Gasteiger partial charge in [-0.1, -0.05) is 35.9 Å². The van der Waals surface area contributed by atoms with E-state index in [4.69, 9.17) is 16.3 Å². The molecular formula is C19H16ClN5O4. The van der Waals surface area contributed by atoms with Crippen molar-refractivity contribution in [3.8, 4) is 11.3 Å². The van der Waals surface area contributed by atoms with Crippen molar-refractivity contribution >= 4 is 40.8 Å². The predicted molar refractivity (Wildman–Crippen MR) is 107 cm³/mol. The molecule has 29 heavy (non-hydrogen) atoms. The van der Waals surface area contributed by atoms with Crippen LogP contribution in [0.3, 0.4) is 0 Å². The Hall–Kier alpha value is -3.56. The number of H-pyrrole nitrogens is 1. The average molecular weight is 414 g/mol. The standard InChI is InChI=1S/C19H16ClN5O4/c1-2-29-18(26)15-16(11-7-9-12(20)10-8-11)22-23-17(15)24-19(27)21-13-5-3-4-6-14(13)25(24)28/h3-10,28H,2H2,1H3,(H,21,27)(H,22,23). The second kappa shape index (κ2) is 7.46. The van der Waals surface area contributed by atoms with Crippen LogP contribution in [0.15, 0.2) is 48.5 Å². The van der Waals surface area contributed by atoms with Crippen molar-refractivity contribution in [1.82, 2.24) is 10.2 Å². The maximum Gasteiger partial charge on any atom is 0.348 e. The molecule has 0 unspecified atom stereocenters. The molecule has 0 aliphatic carbocycles. The highest BCUT2D eigenvalue weighted by atomic mass is 35.5. The van der Waals surface area contributed by atoms with Crippen LogP contribution in [0.2, 0.25) is 5.02 Å². The van der Waals surface area contributed by atoms with Crippen molar-refractivity contribution in [3.63, 3.8) is 0 Å². The lowest BCUT2D eigenvalue weighted by atomic mass is 10.1. The Kier molecular flexibility index (Phi) is 4.83. The molecule has 10 heteroatoms. The van der Waals surface area contributed by atoms with Gasteiger partial charge in [-0.2, -0.15) is 10.1 Å². The summed E-state index contributed by atoms with van der Waals surface area (Å²) in [4.78, 5) is 25.4. The number of carbonyl (C=O) groups excluding carboxylic acids is 2. The van der Waals surface area contributed by atoms with Gasteiger partial charge < -0.3 is 10.1 Å². The summed E-state index contributed by atoms with van der Waals surface area (Å²) in [5.74, 6) is -0.802. The summed E-state index contributed by atoms with van der Waals surface area (Å²) < 4.78 is 5.16. The molecule has 1 aromatic heterocycles. The molecule has 0 radical (unpaired) electrons. The third-order valence-electron chi connectivity index (χ3n) is 4.30. The number of halogens is 1. The van der Waals surface area contributed by atoms with E-state index in [0.29, 0.717) is 32.8 Å². The van der Waals surface area contributed by atoms with Crippen molar-refractivity contribution < 1.29 is 19.5 Å². The third kappa shape index (κ3) is 3.26. The first kappa shape index (κ1) is 18.8. The summed E-state index contributed by atoms with van der Waals surface area (Å²) in [6.45, 7) is 1.79. The summed E-state index contributed by atoms with van der Waals surface area (Å²) in [5.41, 5.74) is 1.68. The fourth-order valence-electron chi connectivity index (χ4n) is 3.01. The van der Waals surface area contributed by atoms with Crippen molar-refractivity contribution in [2.24, 2.45) is 0 Å². The largest absolute Gasteiger partial charge is 0.462 e. The number of nitrogens with one attached hydrogen (secondary N) is 2. The molecule has 0 saturated carbocycles. The number of para-hydroxylation sites is 2. The fraction of sp³-hybridized carbons (Fsp3) is 0.105. The molecular weight excluding hydrogens is 398 g/mol. The van der Waals surface area contributed by atoms with Gasteiger partial charge in [0.1, 0.15) is 11.3 Å². The fourth-order valence-corrected chi connectivity index (χ4v) is 3.14. The van der Waals surface area contributed by atoms with Crippen molar-refractivity contribution in [2.45, 2.75) is 6.92 Å². The predicted octanol–water partition coefficient (Wildman–Crippen LogP) is 4.07. The molecule has 2 aromatic carbocycles. The van der Waals surface area contributed by atoms with Gasteiger partial charge in [-0.25, -0.2) is 9.59 Å². The normalized spacial score (nSPS) is 13.1. The maximum atomic E-state index is 12.7. The number of ether oxygens (including phenoxy) is 1. The highest BCUT2D eigenvalue weighted by molar-refractivity contribution is 6.30. The van der Waals surface area contributed by atoms with E-state index >= 15 is 0 Å². The Labute approximate surface area is 170 Å². The number of hydrazine groups is 1. The molecule has 0 bridgehead atoms. The molecule has 2 heterocycles. The average Bonchev–Trinajstić information content (AvgIpc) is 3.13. The monoisotopic (exact) mass is 413 g/mol. The number of hydrogen-bond donors (Lipinski definition) is 3. The molecule has 0 atom stereocenters. The van der Waals surface area contributed by atoms with E-state index in [1.807, 2.05) is 0 Å². The molecule has 2 amide bonds. The van der Waals surface area contributed by atoms with Crippen LogP contribution in [0.5, 0.6) is 0 Å². The van der Waals surface area contributed by atoms with Gasteiger partial charge in [0.15, 0.2) is 5.82 Å². The van der Waals surface area contributed by atoms with Gasteiger partial charge >= 0.3 is 12.0 Å². The lowest BCUT2D eigenvalue weighted by molar-refractivity contribution is 0.0528. The van der Waals surface area contributed by atoms with Gasteiger partial charge in [0, 0.05) is 10.6 Å². The molecule has 148 valence electrons. The molecule has 0 spiro atoms. The number of aromatic amines is 1. The number of amides is 2. The Morgan fingerprint density at radius 2 is 1.93 bits per heavy atom. The number of hydrogen-bond acceptors (Lipinski definition) is 6. The Morgan fingerprint density at radius 3 is 2.66 bits per heavy atom. The minimum Gasteiger partial charge on any atom is -0.462 e. The van der Waals surface area contributed by atoms with E-state index < -0.39 is 12.0 Å². The van der Waals surface area contributed by atoms with Crippen LogP contribution >= 0.6 is 11.6 Å². The number of carbonyl (C=O) groups is 2. The first-order chi connectivity index (χ1) is 14.0. The van der Waals surface area contributed by atoms with E-state index in [9.17, 15) is 14.8 Å². The number of fused-ring (bicyclic) bond motifs is 1. The summed E-state index contributed by atoms with van der Waals surface area (Å²) in [7, 11) is 0. The maximum absolute atomic E-state index is 12.7. The Morgan fingerprint density at radius 1 is 1.21 bits per heavy atom. The minimum absolute atomic E-state index is 0.00255. The lowest BCUT2D eigenvalue weighted by Gasteiger charge is -2.34. The number of urea groups is 1. The molecule has 0 saturated heterocycles. The molecule has 1 aliphatic rings. The van der Waals surface area contributed by atoms with Crippen LogP contribution < -0.4 is 15.5 Å². The zero-order chi connectivity index (χ0) is 20.5. The molecule has 0 fully saturated rings. The smallest absolute Gasteiger partial charge is 0.348 e. The van der Waals surface area contributed by atoms with Crippen molar-refractivity contribution in [1.29, 1.82) is 0 Å². The highest BCUT2D eigenvalue weighted by Crippen LogP contribution is 2.36. The topological polar surface area (TPSA) is 111 Å². The summed E-state index contributed by atoms with van der Waals surface area (Å²) >= 11 is 5.95. The van der Waals surface area contributed by atoms with Gasteiger partial charge in [-0.3, -0.25) is 10.3 Å². The van der Waals surface area contributed by atoms with Crippen LogP contribution in [-0.2, 0) is 4.74 Å². The number of esters is 1. The van der Waals surface area contributed by atoms with Crippen LogP contribution in [0, 0.1) is 0 Å². The van der Waals surface area contributed by atoms with Crippen molar-refractivity contribution in [2.75, 3.05) is 22.1 Å². The van der Waals surface area contributed by atoms with E-state index in [1.54, 1.807) is 55.5 Å². The minimum atomic E-state index is -0.693. The van der Waals surface area contributed by atoms with Gasteiger partial charge in [0.2, 0.25) is 0 Å². The second-order valence-corrected chi connectivity index (χ2v) is 6.51. The second-order valence-electron chi connectivity index (χ2n) is 6.07. The van der Waals surface area contributed by atoms with Crippen LogP contribution in [0.1, 0.15) is 17.3 Å². The quantitative estimate of drug-likeness (QED) is 0.556. The number of benzene rings is 2. The van der Waals surface area contributed by atoms with Gasteiger partial charge in [0.25, 0.3) is 0 Å². The van der Waals surface area contributed by atoms with E-state index in [2.05, 4.69) is 15.5 Å². The number of anilines is 3. The van der Waals surface area contributed by atoms with E-state index in [-0.39, 0.29) is 18.0 Å². The van der Waals surface area contributed by atoms with Gasteiger partial charge in [-0.05, 0) is 31.2 Å². The zero-order valence-corrected chi connectivity index (χ0v) is 16.0. The summed E-state index contributed by atoms with van der Waals surface area (Å²) in [6, 6.07) is 12.7. The van der Waals surface area contributed by atoms with Crippen molar-refractivity contribution in [3.05, 3.63) is 59.1 Å². The van der Waals surface area contributed by atoms with E-state index in [1.165, 1.54) is 0 Å². The Bertz CT molecular complexity index is 1080. The third-order valence-corrected chi connectivity index (χ3v) is 4.56. The number of aromatic nitrogens is 2. The summed E-state index contributed by atoms with van der Waals surface area (Å²) in [5, 5.41) is 22.2. The Balaban J connectivity index is 1.84. The van der Waals surface area contributed by atoms with E-state index in [0.717, 1.165) is 5.01 Å². The molecule has 4 rings (SSSR count). The first-order valence-electron chi connectivity index (χ1n) is 8.71. The molecule has 9 nitrogen and oxygen atoms in total. The molecule has 1 aliphatic heterocycles. The van der Waals surface area contributed by atoms with Gasteiger partial charge in [-0.15, -0.1) is 5.17 Å². The van der Waals surface area contributed by atoms with Crippen LogP contribution in [0.4, 0.5) is 22.0 Å². The molecule has 3 N–H and O–H groups in total. The first-order valence-corrected chi connectivity index (χ1v) is 9.09. The molecule has 3 aromatic rings. The number of rotatable bonds is 4.